The lowest BCUT2D eigenvalue weighted by Crippen LogP contribution is -1.82. The van der Waals surface area contributed by atoms with Gasteiger partial charge in [-0.3, -0.25) is 0 Å². The van der Waals surface area contributed by atoms with Crippen molar-refractivity contribution in [2.24, 2.45) is 0 Å². The summed E-state index contributed by atoms with van der Waals surface area (Å²) in [5.41, 5.74) is 0. The summed E-state index contributed by atoms with van der Waals surface area (Å²) >= 11 is 0. The first-order chi connectivity index (χ1) is 4.47. The van der Waals surface area contributed by atoms with Crippen LogP contribution in [0.5, 0.6) is 11.5 Å². The predicted molar refractivity (Wildman–Crippen MR) is 32.0 cm³/mol. The van der Waals surface area contributed by atoms with Gasteiger partial charge in [-0.25, -0.2) is 0 Å². The van der Waals surface area contributed by atoms with Crippen molar-refractivity contribution in [2.75, 3.05) is 0 Å². The van der Waals surface area contributed by atoms with Crippen LogP contribution in [-0.4, -0.2) is 0 Å². The summed E-state index contributed by atoms with van der Waals surface area (Å²) in [5.74, 6) is 1.58. The fourth-order valence-corrected chi connectivity index (χ4v) is 0.773. The maximum atomic E-state index is 4.95. The maximum Gasteiger partial charge on any atom is 0.316 e. The molecule has 2 nitrogen and oxygen atoms in total. The van der Waals surface area contributed by atoms with E-state index in [1.54, 1.807) is 0 Å². The van der Waals surface area contributed by atoms with Crippen LogP contribution in [0.25, 0.3) is 0 Å². The van der Waals surface area contributed by atoms with Gasteiger partial charge in [0.15, 0.2) is 11.5 Å². The lowest BCUT2D eigenvalue weighted by molar-refractivity contribution is 0.270. The standard InChI is InChI=1S/C7H5O2/c1-2-4-7-6(3-1)8-5-9-7/h1-5H. The molecule has 1 aromatic rings. The van der Waals surface area contributed by atoms with E-state index in [2.05, 4.69) is 0 Å². The number of fused-ring (bicyclic) bond motifs is 1. The number of ether oxygens (including phenoxy) is 2. The van der Waals surface area contributed by atoms with E-state index in [-0.39, 0.29) is 0 Å². The molecule has 1 radical (unpaired) electrons. The summed E-state index contributed by atoms with van der Waals surface area (Å²) in [6.45, 7) is 1.32. The number of para-hydroxylation sites is 2. The molecule has 45 valence electrons. The quantitative estimate of drug-likeness (QED) is 0.518. The third-order valence-corrected chi connectivity index (χ3v) is 1.20. The van der Waals surface area contributed by atoms with Crippen molar-refractivity contribution in [1.29, 1.82) is 0 Å². The smallest absolute Gasteiger partial charge is 0.316 e. The van der Waals surface area contributed by atoms with Gasteiger partial charge in [0.1, 0.15) is 0 Å². The lowest BCUT2D eigenvalue weighted by atomic mass is 10.3. The van der Waals surface area contributed by atoms with Crippen molar-refractivity contribution in [3.05, 3.63) is 31.1 Å². The summed E-state index contributed by atoms with van der Waals surface area (Å²) in [6.07, 6.45) is 0. The molecule has 0 amide bonds. The lowest BCUT2D eigenvalue weighted by Gasteiger charge is -1.89. The topological polar surface area (TPSA) is 18.5 Å². The zero-order valence-electron chi connectivity index (χ0n) is 4.70. The molecule has 1 aliphatic heterocycles. The Morgan fingerprint density at radius 3 is 2.00 bits per heavy atom. The number of hydrogen-bond acceptors (Lipinski definition) is 2. The molecular formula is C7H5O2. The average Bonchev–Trinajstić information content (AvgIpc) is 2.33. The van der Waals surface area contributed by atoms with Crippen molar-refractivity contribution in [3.63, 3.8) is 0 Å². The highest BCUT2D eigenvalue weighted by Gasteiger charge is 2.10. The molecule has 1 aliphatic rings. The second-order valence-corrected chi connectivity index (χ2v) is 1.78. The Kier molecular flexibility index (Phi) is 0.859. The molecule has 0 fully saturated rings. The van der Waals surface area contributed by atoms with Gasteiger partial charge >= 0.3 is 6.79 Å². The van der Waals surface area contributed by atoms with E-state index in [4.69, 9.17) is 9.47 Å². The van der Waals surface area contributed by atoms with E-state index in [1.807, 2.05) is 24.3 Å². The second kappa shape index (κ2) is 1.65. The molecule has 0 atom stereocenters. The van der Waals surface area contributed by atoms with Crippen LogP contribution in [-0.2, 0) is 0 Å². The third-order valence-electron chi connectivity index (χ3n) is 1.20. The molecule has 1 aromatic carbocycles. The number of rotatable bonds is 0. The molecule has 1 heterocycles. The van der Waals surface area contributed by atoms with E-state index in [0.717, 1.165) is 11.5 Å². The summed E-state index contributed by atoms with van der Waals surface area (Å²) in [6, 6.07) is 7.53. The fraction of sp³-hybridized carbons (Fsp3) is 0. The third kappa shape index (κ3) is 0.633. The normalized spacial score (nSPS) is 13.8. The van der Waals surface area contributed by atoms with Gasteiger partial charge in [-0.05, 0) is 12.1 Å². The minimum absolute atomic E-state index is 0.789. The van der Waals surface area contributed by atoms with Gasteiger partial charge in [0, 0.05) is 0 Å². The first kappa shape index (κ1) is 4.68. The Labute approximate surface area is 53.0 Å². The molecule has 9 heavy (non-hydrogen) atoms. The Balaban J connectivity index is 2.54. The van der Waals surface area contributed by atoms with E-state index < -0.39 is 0 Å². The van der Waals surface area contributed by atoms with Gasteiger partial charge in [0.2, 0.25) is 0 Å². The van der Waals surface area contributed by atoms with Gasteiger partial charge in [0.25, 0.3) is 0 Å². The van der Waals surface area contributed by atoms with Crippen molar-refractivity contribution in [1.82, 2.24) is 0 Å². The van der Waals surface area contributed by atoms with E-state index in [9.17, 15) is 0 Å². The predicted octanol–water partition coefficient (Wildman–Crippen LogP) is 1.58. The molecule has 0 aromatic heterocycles. The minimum atomic E-state index is 0.789. The molecule has 0 N–H and O–H groups in total. The van der Waals surface area contributed by atoms with Gasteiger partial charge in [-0.1, -0.05) is 12.1 Å². The van der Waals surface area contributed by atoms with Crippen LogP contribution in [0.15, 0.2) is 24.3 Å². The summed E-state index contributed by atoms with van der Waals surface area (Å²) in [7, 11) is 0. The molecule has 0 unspecified atom stereocenters. The molecule has 0 aliphatic carbocycles. The van der Waals surface area contributed by atoms with Crippen LogP contribution < -0.4 is 9.47 Å². The molecule has 2 rings (SSSR count). The Bertz CT molecular complexity index is 197. The van der Waals surface area contributed by atoms with Gasteiger partial charge < -0.3 is 9.47 Å². The first-order valence-electron chi connectivity index (χ1n) is 2.71. The summed E-state index contributed by atoms with van der Waals surface area (Å²) in [5, 5.41) is 0. The highest BCUT2D eigenvalue weighted by atomic mass is 16.7. The van der Waals surface area contributed by atoms with Gasteiger partial charge in [-0.15, -0.1) is 0 Å². The molecule has 0 saturated carbocycles. The van der Waals surface area contributed by atoms with E-state index in [0.29, 0.717) is 0 Å². The molecule has 2 heteroatoms. The maximum absolute atomic E-state index is 4.95. The second-order valence-electron chi connectivity index (χ2n) is 1.78. The van der Waals surface area contributed by atoms with Crippen LogP contribution in [0, 0.1) is 6.79 Å². The monoisotopic (exact) mass is 121 g/mol. The van der Waals surface area contributed by atoms with Crippen molar-refractivity contribution >= 4 is 0 Å². The highest BCUT2D eigenvalue weighted by Crippen LogP contribution is 2.31. The van der Waals surface area contributed by atoms with Crippen LogP contribution in [0.4, 0.5) is 0 Å². The fourth-order valence-electron chi connectivity index (χ4n) is 0.773. The highest BCUT2D eigenvalue weighted by molar-refractivity contribution is 5.41. The minimum Gasteiger partial charge on any atom is -0.444 e. The zero-order chi connectivity index (χ0) is 6.10. The van der Waals surface area contributed by atoms with Crippen LogP contribution in [0.1, 0.15) is 0 Å². The van der Waals surface area contributed by atoms with Gasteiger partial charge in [-0.2, -0.15) is 0 Å². The summed E-state index contributed by atoms with van der Waals surface area (Å²) < 4.78 is 9.90. The first-order valence-corrected chi connectivity index (χ1v) is 2.71. The largest absolute Gasteiger partial charge is 0.444 e. The summed E-state index contributed by atoms with van der Waals surface area (Å²) in [4.78, 5) is 0. The number of benzene rings is 1. The van der Waals surface area contributed by atoms with Gasteiger partial charge in [0.05, 0.1) is 0 Å². The Hall–Kier alpha value is -1.18. The van der Waals surface area contributed by atoms with Crippen molar-refractivity contribution < 1.29 is 9.47 Å². The Morgan fingerprint density at radius 1 is 0.889 bits per heavy atom. The number of hydrogen-bond donors (Lipinski definition) is 0. The van der Waals surface area contributed by atoms with Crippen LogP contribution >= 0.6 is 0 Å². The van der Waals surface area contributed by atoms with Crippen LogP contribution in [0.2, 0.25) is 0 Å². The Morgan fingerprint density at radius 2 is 1.44 bits per heavy atom. The van der Waals surface area contributed by atoms with E-state index in [1.165, 1.54) is 6.79 Å². The molecular weight excluding hydrogens is 116 g/mol. The molecule has 0 bridgehead atoms. The van der Waals surface area contributed by atoms with Crippen LogP contribution in [0.3, 0.4) is 0 Å². The SMILES string of the molecule is [CH]1Oc2ccccc2O1. The average molecular weight is 121 g/mol. The zero-order valence-corrected chi connectivity index (χ0v) is 4.70. The molecule has 0 saturated heterocycles. The molecule has 0 spiro atoms. The van der Waals surface area contributed by atoms with Crippen molar-refractivity contribution in [2.45, 2.75) is 0 Å². The van der Waals surface area contributed by atoms with Crippen molar-refractivity contribution in [3.8, 4) is 11.5 Å². The van der Waals surface area contributed by atoms with E-state index >= 15 is 0 Å².